The SMILES string of the molecule is O=C(CCc1nc2ccccc2n1-c1ccccc1)N1CCCC1Cc1ccccc1. The van der Waals surface area contributed by atoms with Crippen LogP contribution in [-0.4, -0.2) is 32.9 Å². The second kappa shape index (κ2) is 8.76. The molecule has 1 unspecified atom stereocenters. The van der Waals surface area contributed by atoms with Crippen molar-refractivity contribution in [1.82, 2.24) is 14.5 Å². The summed E-state index contributed by atoms with van der Waals surface area (Å²) >= 11 is 0. The second-order valence-electron chi connectivity index (χ2n) is 8.26. The molecule has 1 atom stereocenters. The van der Waals surface area contributed by atoms with E-state index in [4.69, 9.17) is 4.98 Å². The van der Waals surface area contributed by atoms with Gasteiger partial charge in [-0.2, -0.15) is 0 Å². The van der Waals surface area contributed by atoms with Crippen LogP contribution in [0.15, 0.2) is 84.9 Å². The largest absolute Gasteiger partial charge is 0.339 e. The van der Waals surface area contributed by atoms with Gasteiger partial charge in [0.25, 0.3) is 0 Å². The number of hydrogen-bond acceptors (Lipinski definition) is 2. The fourth-order valence-corrected chi connectivity index (χ4v) is 4.73. The number of nitrogens with zero attached hydrogens (tertiary/aromatic N) is 3. The first-order valence-electron chi connectivity index (χ1n) is 11.1. The van der Waals surface area contributed by atoms with Gasteiger partial charge in [0.05, 0.1) is 11.0 Å². The molecule has 4 nitrogen and oxygen atoms in total. The Labute approximate surface area is 183 Å². The van der Waals surface area contributed by atoms with Crippen LogP contribution in [0.1, 0.15) is 30.7 Å². The average Bonchev–Trinajstić information content (AvgIpc) is 3.43. The van der Waals surface area contributed by atoms with E-state index in [0.29, 0.717) is 18.9 Å². The fraction of sp³-hybridized carbons (Fsp3) is 0.259. The maximum Gasteiger partial charge on any atom is 0.223 e. The average molecular weight is 410 g/mol. The van der Waals surface area contributed by atoms with E-state index in [0.717, 1.165) is 48.4 Å². The van der Waals surface area contributed by atoms with Gasteiger partial charge < -0.3 is 4.90 Å². The molecule has 1 amide bonds. The van der Waals surface area contributed by atoms with Crippen molar-refractivity contribution in [3.63, 3.8) is 0 Å². The van der Waals surface area contributed by atoms with E-state index in [1.54, 1.807) is 0 Å². The van der Waals surface area contributed by atoms with Crippen molar-refractivity contribution in [2.75, 3.05) is 6.54 Å². The van der Waals surface area contributed by atoms with E-state index >= 15 is 0 Å². The summed E-state index contributed by atoms with van der Waals surface area (Å²) < 4.78 is 2.19. The number of fused-ring (bicyclic) bond motifs is 1. The van der Waals surface area contributed by atoms with Crippen molar-refractivity contribution in [1.29, 1.82) is 0 Å². The molecule has 1 saturated heterocycles. The fourth-order valence-electron chi connectivity index (χ4n) is 4.73. The van der Waals surface area contributed by atoms with Gasteiger partial charge in [-0.25, -0.2) is 4.98 Å². The van der Waals surface area contributed by atoms with Gasteiger partial charge in [0.1, 0.15) is 5.82 Å². The molecule has 1 aromatic heterocycles. The molecule has 2 heterocycles. The molecule has 3 aromatic carbocycles. The molecule has 0 radical (unpaired) electrons. The number of imidazole rings is 1. The zero-order valence-corrected chi connectivity index (χ0v) is 17.7. The van der Waals surface area contributed by atoms with Crippen LogP contribution in [0.5, 0.6) is 0 Å². The molecule has 1 aliphatic heterocycles. The minimum Gasteiger partial charge on any atom is -0.339 e. The van der Waals surface area contributed by atoms with Gasteiger partial charge in [-0.3, -0.25) is 9.36 Å². The number of aryl methyl sites for hydroxylation is 1. The zero-order valence-electron chi connectivity index (χ0n) is 17.7. The summed E-state index contributed by atoms with van der Waals surface area (Å²) in [6, 6.07) is 29.3. The molecule has 0 N–H and O–H groups in total. The zero-order chi connectivity index (χ0) is 21.0. The quantitative estimate of drug-likeness (QED) is 0.439. The third-order valence-electron chi connectivity index (χ3n) is 6.22. The third kappa shape index (κ3) is 4.11. The van der Waals surface area contributed by atoms with Crippen LogP contribution < -0.4 is 0 Å². The Balaban J connectivity index is 1.34. The van der Waals surface area contributed by atoms with Crippen molar-refractivity contribution in [2.24, 2.45) is 0 Å². The van der Waals surface area contributed by atoms with E-state index in [1.807, 2.05) is 42.5 Å². The van der Waals surface area contributed by atoms with Crippen molar-refractivity contribution < 1.29 is 4.79 Å². The second-order valence-corrected chi connectivity index (χ2v) is 8.26. The van der Waals surface area contributed by atoms with Crippen molar-refractivity contribution in [2.45, 2.75) is 38.1 Å². The Morgan fingerprint density at radius 1 is 0.903 bits per heavy atom. The van der Waals surface area contributed by atoms with Crippen LogP contribution >= 0.6 is 0 Å². The Morgan fingerprint density at radius 3 is 2.42 bits per heavy atom. The molecule has 0 aliphatic carbocycles. The van der Waals surface area contributed by atoms with Crippen LogP contribution in [-0.2, 0) is 17.6 Å². The van der Waals surface area contributed by atoms with Crippen molar-refractivity contribution in [3.8, 4) is 5.69 Å². The molecule has 31 heavy (non-hydrogen) atoms. The summed E-state index contributed by atoms with van der Waals surface area (Å²) in [6.07, 6.45) is 4.24. The number of rotatable bonds is 6. The Bertz CT molecular complexity index is 1170. The molecular weight excluding hydrogens is 382 g/mol. The minimum absolute atomic E-state index is 0.241. The smallest absolute Gasteiger partial charge is 0.223 e. The highest BCUT2D eigenvalue weighted by atomic mass is 16.2. The van der Waals surface area contributed by atoms with E-state index in [-0.39, 0.29) is 5.91 Å². The number of carbonyl (C=O) groups is 1. The molecule has 4 heteroatoms. The summed E-state index contributed by atoms with van der Waals surface area (Å²) in [6.45, 7) is 0.867. The normalized spacial score (nSPS) is 16.1. The highest BCUT2D eigenvalue weighted by molar-refractivity contribution is 5.79. The number of carbonyl (C=O) groups excluding carboxylic acids is 1. The predicted molar refractivity (Wildman–Crippen MR) is 124 cm³/mol. The number of amides is 1. The van der Waals surface area contributed by atoms with Gasteiger partial charge in [0.2, 0.25) is 5.91 Å². The number of aromatic nitrogens is 2. The van der Waals surface area contributed by atoms with Crippen LogP contribution in [0.25, 0.3) is 16.7 Å². The molecule has 0 spiro atoms. The van der Waals surface area contributed by atoms with Gasteiger partial charge in [-0.1, -0.05) is 60.7 Å². The van der Waals surface area contributed by atoms with Crippen LogP contribution in [0, 0.1) is 0 Å². The first-order valence-corrected chi connectivity index (χ1v) is 11.1. The summed E-state index contributed by atoms with van der Waals surface area (Å²) in [5, 5.41) is 0. The topological polar surface area (TPSA) is 38.1 Å². The minimum atomic E-state index is 0.241. The third-order valence-corrected chi connectivity index (χ3v) is 6.22. The maximum absolute atomic E-state index is 13.2. The molecule has 156 valence electrons. The van der Waals surface area contributed by atoms with Crippen LogP contribution in [0.2, 0.25) is 0 Å². The molecular formula is C27H27N3O. The first-order chi connectivity index (χ1) is 15.3. The molecule has 0 saturated carbocycles. The molecule has 1 aliphatic rings. The summed E-state index contributed by atoms with van der Waals surface area (Å²) in [5.74, 6) is 1.18. The predicted octanol–water partition coefficient (Wildman–Crippen LogP) is 5.19. The number of para-hydroxylation sites is 3. The van der Waals surface area contributed by atoms with Gasteiger partial charge >= 0.3 is 0 Å². The van der Waals surface area contributed by atoms with E-state index in [1.165, 1.54) is 5.56 Å². The lowest BCUT2D eigenvalue weighted by atomic mass is 10.0. The van der Waals surface area contributed by atoms with E-state index in [9.17, 15) is 4.79 Å². The molecule has 5 rings (SSSR count). The number of likely N-dealkylation sites (tertiary alicyclic amines) is 1. The highest BCUT2D eigenvalue weighted by Crippen LogP contribution is 2.25. The standard InChI is InChI=1S/C27H27N3O/c31-27(29-19-9-14-23(29)20-21-10-3-1-4-11-21)18-17-26-28-24-15-7-8-16-25(24)30(26)22-12-5-2-6-13-22/h1-8,10-13,15-16,23H,9,14,17-20H2. The van der Waals surface area contributed by atoms with Crippen molar-refractivity contribution >= 4 is 16.9 Å². The highest BCUT2D eigenvalue weighted by Gasteiger charge is 2.28. The van der Waals surface area contributed by atoms with Gasteiger partial charge in [0, 0.05) is 31.1 Å². The molecule has 0 bridgehead atoms. The lowest BCUT2D eigenvalue weighted by Crippen LogP contribution is -2.37. The maximum atomic E-state index is 13.2. The first kappa shape index (κ1) is 19.6. The van der Waals surface area contributed by atoms with Crippen LogP contribution in [0.4, 0.5) is 0 Å². The Hall–Kier alpha value is -3.40. The van der Waals surface area contributed by atoms with Crippen LogP contribution in [0.3, 0.4) is 0 Å². The number of benzene rings is 3. The Morgan fingerprint density at radius 2 is 1.61 bits per heavy atom. The van der Waals surface area contributed by atoms with Gasteiger partial charge in [0.15, 0.2) is 0 Å². The monoisotopic (exact) mass is 409 g/mol. The van der Waals surface area contributed by atoms with E-state index < -0.39 is 0 Å². The Kier molecular flexibility index (Phi) is 5.53. The number of hydrogen-bond donors (Lipinski definition) is 0. The summed E-state index contributed by atoms with van der Waals surface area (Å²) in [5.41, 5.74) is 4.44. The summed E-state index contributed by atoms with van der Waals surface area (Å²) in [7, 11) is 0. The lowest BCUT2D eigenvalue weighted by molar-refractivity contribution is -0.132. The van der Waals surface area contributed by atoms with Gasteiger partial charge in [-0.15, -0.1) is 0 Å². The molecule has 1 fully saturated rings. The molecule has 4 aromatic rings. The lowest BCUT2D eigenvalue weighted by Gasteiger charge is -2.25. The van der Waals surface area contributed by atoms with E-state index in [2.05, 4.69) is 51.9 Å². The van der Waals surface area contributed by atoms with Gasteiger partial charge in [-0.05, 0) is 49.1 Å². The van der Waals surface area contributed by atoms with Crippen molar-refractivity contribution in [3.05, 3.63) is 96.3 Å². The summed E-state index contributed by atoms with van der Waals surface area (Å²) in [4.78, 5) is 20.1.